The molecule has 0 amide bonds. The molecule has 2 aromatic rings. The molecule has 18 heavy (non-hydrogen) atoms. The van der Waals surface area contributed by atoms with Gasteiger partial charge in [0.15, 0.2) is 11.5 Å². The number of alkyl halides is 3. The van der Waals surface area contributed by atoms with Crippen LogP contribution in [0.4, 0.5) is 18.9 Å². The third-order valence-corrected chi connectivity index (χ3v) is 2.01. The summed E-state index contributed by atoms with van der Waals surface area (Å²) in [7, 11) is 0. The van der Waals surface area contributed by atoms with E-state index in [4.69, 9.17) is 0 Å². The van der Waals surface area contributed by atoms with Crippen LogP contribution in [0.5, 0.6) is 0 Å². The Labute approximate surface area is 97.8 Å². The highest BCUT2D eigenvalue weighted by molar-refractivity contribution is 5.33. The molecule has 0 fully saturated rings. The van der Waals surface area contributed by atoms with E-state index in [1.807, 2.05) is 6.07 Å². The summed E-state index contributed by atoms with van der Waals surface area (Å²) in [4.78, 5) is 13.2. The largest absolute Gasteiger partial charge is 0.434 e. The number of nitro groups is 1. The van der Waals surface area contributed by atoms with Crippen LogP contribution in [0.2, 0.25) is 0 Å². The summed E-state index contributed by atoms with van der Waals surface area (Å²) >= 11 is 0. The summed E-state index contributed by atoms with van der Waals surface area (Å²) < 4.78 is 38.2. The van der Waals surface area contributed by atoms with E-state index in [1.165, 1.54) is 0 Å². The Morgan fingerprint density at radius 1 is 1.39 bits per heavy atom. The van der Waals surface area contributed by atoms with Crippen molar-refractivity contribution in [1.82, 2.24) is 14.8 Å². The minimum absolute atomic E-state index is 0.172. The zero-order chi connectivity index (χ0) is 13.3. The Hall–Kier alpha value is -2.45. The maximum absolute atomic E-state index is 12.5. The Bertz CT molecular complexity index is 576. The van der Waals surface area contributed by atoms with Crippen LogP contribution in [-0.4, -0.2) is 19.7 Å². The third-order valence-electron chi connectivity index (χ3n) is 2.01. The number of hydrogen-bond acceptors (Lipinski definition) is 4. The van der Waals surface area contributed by atoms with Crippen molar-refractivity contribution in [3.05, 3.63) is 46.4 Å². The van der Waals surface area contributed by atoms with Crippen molar-refractivity contribution in [2.24, 2.45) is 0 Å². The highest BCUT2D eigenvalue weighted by atomic mass is 19.4. The van der Waals surface area contributed by atoms with Crippen LogP contribution >= 0.6 is 0 Å². The van der Waals surface area contributed by atoms with E-state index in [0.717, 1.165) is 24.5 Å². The molecule has 2 aromatic heterocycles. The van der Waals surface area contributed by atoms with Crippen LogP contribution in [0.15, 0.2) is 24.5 Å². The summed E-state index contributed by atoms with van der Waals surface area (Å²) in [6, 6.07) is 4.06. The predicted molar refractivity (Wildman–Crippen MR) is 51.9 cm³/mol. The zero-order valence-electron chi connectivity index (χ0n) is 8.55. The third kappa shape index (κ3) is 2.14. The standard InChI is InChI=1S/C9H4F3N4O2/c10-9(11,12)7-3-4-14-15(7)8-2-1-6(5-13-8)16(17)18/h1-2,4-5H. The van der Waals surface area contributed by atoms with E-state index in [2.05, 4.69) is 10.1 Å². The van der Waals surface area contributed by atoms with E-state index in [-0.39, 0.29) is 11.5 Å². The van der Waals surface area contributed by atoms with Gasteiger partial charge in [-0.3, -0.25) is 10.1 Å². The highest BCUT2D eigenvalue weighted by Gasteiger charge is 2.35. The lowest BCUT2D eigenvalue weighted by Gasteiger charge is -2.08. The number of pyridine rings is 1. The Balaban J connectivity index is 2.44. The van der Waals surface area contributed by atoms with E-state index in [0.29, 0.717) is 4.68 Å². The van der Waals surface area contributed by atoms with Crippen molar-refractivity contribution in [2.75, 3.05) is 0 Å². The molecule has 0 atom stereocenters. The van der Waals surface area contributed by atoms with Crippen LogP contribution in [0, 0.1) is 16.2 Å². The van der Waals surface area contributed by atoms with Gasteiger partial charge in [-0.15, -0.1) is 0 Å². The molecular weight excluding hydrogens is 253 g/mol. The highest BCUT2D eigenvalue weighted by Crippen LogP contribution is 2.29. The maximum atomic E-state index is 12.5. The lowest BCUT2D eigenvalue weighted by atomic mass is 10.4. The van der Waals surface area contributed by atoms with Crippen LogP contribution in [0.25, 0.3) is 5.82 Å². The first-order chi connectivity index (χ1) is 8.39. The number of aromatic nitrogens is 3. The summed E-state index contributed by atoms with van der Waals surface area (Å²) in [5, 5.41) is 13.8. The first-order valence-corrected chi connectivity index (χ1v) is 4.53. The molecular formula is C9H4F3N4O2. The molecule has 0 unspecified atom stereocenters. The van der Waals surface area contributed by atoms with Gasteiger partial charge in [0.2, 0.25) is 0 Å². The van der Waals surface area contributed by atoms with Crippen molar-refractivity contribution in [3.63, 3.8) is 0 Å². The number of hydrogen-bond donors (Lipinski definition) is 0. The molecule has 0 aromatic carbocycles. The van der Waals surface area contributed by atoms with Crippen molar-refractivity contribution in [2.45, 2.75) is 6.18 Å². The molecule has 1 radical (unpaired) electrons. The Morgan fingerprint density at radius 3 is 2.61 bits per heavy atom. The van der Waals surface area contributed by atoms with E-state index < -0.39 is 16.8 Å². The van der Waals surface area contributed by atoms with Crippen molar-refractivity contribution < 1.29 is 18.1 Å². The first kappa shape index (κ1) is 12.0. The normalized spacial score (nSPS) is 11.5. The smallest absolute Gasteiger partial charge is 0.258 e. The van der Waals surface area contributed by atoms with Gasteiger partial charge in [0.05, 0.1) is 11.1 Å². The molecule has 2 rings (SSSR count). The zero-order valence-corrected chi connectivity index (χ0v) is 8.55. The van der Waals surface area contributed by atoms with Crippen molar-refractivity contribution >= 4 is 5.69 Å². The Morgan fingerprint density at radius 2 is 2.11 bits per heavy atom. The second kappa shape index (κ2) is 4.09. The second-order valence-electron chi connectivity index (χ2n) is 3.18. The van der Waals surface area contributed by atoms with Gasteiger partial charge in [-0.25, -0.2) is 9.67 Å². The minimum Gasteiger partial charge on any atom is -0.258 e. The van der Waals surface area contributed by atoms with Gasteiger partial charge in [0, 0.05) is 12.1 Å². The first-order valence-electron chi connectivity index (χ1n) is 4.53. The molecule has 0 aliphatic heterocycles. The van der Waals surface area contributed by atoms with Gasteiger partial charge in [-0.05, 0) is 6.07 Å². The van der Waals surface area contributed by atoms with Crippen LogP contribution in [0.3, 0.4) is 0 Å². The maximum Gasteiger partial charge on any atom is 0.434 e. The quantitative estimate of drug-likeness (QED) is 0.609. The lowest BCUT2D eigenvalue weighted by Crippen LogP contribution is -2.14. The average Bonchev–Trinajstić information content (AvgIpc) is 2.77. The van der Waals surface area contributed by atoms with Gasteiger partial charge in [-0.2, -0.15) is 18.3 Å². The van der Waals surface area contributed by atoms with Gasteiger partial charge in [0.1, 0.15) is 6.20 Å². The average molecular weight is 257 g/mol. The van der Waals surface area contributed by atoms with Gasteiger partial charge in [-0.1, -0.05) is 0 Å². The van der Waals surface area contributed by atoms with E-state index >= 15 is 0 Å². The number of nitrogens with zero attached hydrogens (tertiary/aromatic N) is 4. The molecule has 6 nitrogen and oxygen atoms in total. The SMILES string of the molecule is O=[N+]([O-])c1ccc(-n2nc[c]c2C(F)(F)F)nc1. The summed E-state index contributed by atoms with van der Waals surface area (Å²) in [6.45, 7) is 0. The van der Waals surface area contributed by atoms with E-state index in [9.17, 15) is 23.3 Å². The molecule has 0 bridgehead atoms. The van der Waals surface area contributed by atoms with Gasteiger partial charge in [0.25, 0.3) is 5.69 Å². The molecule has 0 aliphatic rings. The van der Waals surface area contributed by atoms with Crippen LogP contribution in [-0.2, 0) is 6.18 Å². The van der Waals surface area contributed by atoms with Gasteiger partial charge >= 0.3 is 6.18 Å². The lowest BCUT2D eigenvalue weighted by molar-refractivity contribution is -0.385. The molecule has 0 N–H and O–H groups in total. The molecule has 2 heterocycles. The molecule has 93 valence electrons. The van der Waals surface area contributed by atoms with Crippen LogP contribution < -0.4 is 0 Å². The summed E-state index contributed by atoms with van der Waals surface area (Å²) in [5.41, 5.74) is -1.44. The monoisotopic (exact) mass is 257 g/mol. The topological polar surface area (TPSA) is 73.8 Å². The van der Waals surface area contributed by atoms with Crippen molar-refractivity contribution in [3.8, 4) is 5.82 Å². The fourth-order valence-corrected chi connectivity index (χ4v) is 1.25. The summed E-state index contributed by atoms with van der Waals surface area (Å²) in [6.07, 6.45) is -2.91. The number of halogens is 3. The molecule has 9 heteroatoms. The molecule has 0 aliphatic carbocycles. The summed E-state index contributed by atoms with van der Waals surface area (Å²) in [5.74, 6) is -0.172. The van der Waals surface area contributed by atoms with Crippen LogP contribution in [0.1, 0.15) is 5.69 Å². The minimum atomic E-state index is -4.63. The molecule has 0 spiro atoms. The molecule has 0 saturated carbocycles. The molecule has 0 saturated heterocycles. The van der Waals surface area contributed by atoms with Gasteiger partial charge < -0.3 is 0 Å². The predicted octanol–water partition coefficient (Wildman–Crippen LogP) is 1.99. The fourth-order valence-electron chi connectivity index (χ4n) is 1.25. The van der Waals surface area contributed by atoms with E-state index in [1.54, 1.807) is 0 Å². The second-order valence-corrected chi connectivity index (χ2v) is 3.18. The van der Waals surface area contributed by atoms with Crippen molar-refractivity contribution in [1.29, 1.82) is 0 Å². The number of rotatable bonds is 2. The Kier molecular flexibility index (Phi) is 2.73. The fraction of sp³-hybridized carbons (Fsp3) is 0.111.